The van der Waals surface area contributed by atoms with Gasteiger partial charge in [-0.05, 0) is 19.2 Å². The third-order valence-corrected chi connectivity index (χ3v) is 3.46. The van der Waals surface area contributed by atoms with Gasteiger partial charge in [0.05, 0.1) is 12.2 Å². The number of alkyl halides is 3. The predicted octanol–water partition coefficient (Wildman–Crippen LogP) is 2.01. The number of benzene rings is 1. The third-order valence-electron chi connectivity index (χ3n) is 3.46. The van der Waals surface area contributed by atoms with E-state index in [1.807, 2.05) is 0 Å². The molecule has 2 rings (SSSR count). The molecule has 1 aromatic rings. The Balaban J connectivity index is 2.25. The lowest BCUT2D eigenvalue weighted by Crippen LogP contribution is -2.51. The second-order valence-electron chi connectivity index (χ2n) is 5.24. The summed E-state index contributed by atoms with van der Waals surface area (Å²) in [5, 5.41) is 1.65. The Morgan fingerprint density at radius 1 is 1.35 bits per heavy atom. The van der Waals surface area contributed by atoms with Crippen molar-refractivity contribution in [2.75, 3.05) is 26.7 Å². The van der Waals surface area contributed by atoms with Gasteiger partial charge in [0, 0.05) is 13.1 Å². The Morgan fingerprint density at radius 2 is 1.96 bits per heavy atom. The monoisotopic (exact) mass is 338 g/mol. The van der Waals surface area contributed by atoms with E-state index in [0.717, 1.165) is 6.07 Å². The Bertz CT molecular complexity index is 559. The van der Waals surface area contributed by atoms with Crippen LogP contribution in [0, 0.1) is 11.6 Å². The molecule has 23 heavy (non-hydrogen) atoms. The first-order valence-corrected chi connectivity index (χ1v) is 6.81. The van der Waals surface area contributed by atoms with Gasteiger partial charge in [-0.2, -0.15) is 13.2 Å². The molecule has 1 aliphatic heterocycles. The van der Waals surface area contributed by atoms with Crippen LogP contribution in [0.25, 0.3) is 0 Å². The van der Waals surface area contributed by atoms with Crippen molar-refractivity contribution in [3.05, 3.63) is 35.4 Å². The Morgan fingerprint density at radius 3 is 2.48 bits per heavy atom. The molecule has 1 aromatic carbocycles. The van der Waals surface area contributed by atoms with Crippen molar-refractivity contribution in [3.8, 4) is 0 Å². The first kappa shape index (κ1) is 17.6. The molecule has 1 aliphatic rings. The molecule has 128 valence electrons. The van der Waals surface area contributed by atoms with E-state index >= 15 is 0 Å². The van der Waals surface area contributed by atoms with E-state index in [2.05, 4.69) is 0 Å². The zero-order valence-corrected chi connectivity index (χ0v) is 12.2. The van der Waals surface area contributed by atoms with Gasteiger partial charge in [-0.1, -0.05) is 6.07 Å². The number of hydrogen-bond donors (Lipinski definition) is 1. The number of halogens is 5. The SMILES string of the molecule is CN1CCO[C@@H](C(=O)N[C@H](c2c(F)cccc2F)C(F)(F)F)C1. The van der Waals surface area contributed by atoms with Crippen LogP contribution in [-0.4, -0.2) is 49.8 Å². The summed E-state index contributed by atoms with van der Waals surface area (Å²) in [6.07, 6.45) is -6.19. The highest BCUT2D eigenvalue weighted by atomic mass is 19.4. The normalized spacial score (nSPS) is 21.0. The molecule has 0 saturated carbocycles. The van der Waals surface area contributed by atoms with Crippen molar-refractivity contribution in [2.45, 2.75) is 18.3 Å². The Labute approximate surface area is 129 Å². The van der Waals surface area contributed by atoms with E-state index in [-0.39, 0.29) is 13.2 Å². The molecule has 1 heterocycles. The number of morpholine rings is 1. The summed E-state index contributed by atoms with van der Waals surface area (Å²) in [7, 11) is 1.68. The molecule has 1 N–H and O–H groups in total. The highest BCUT2D eigenvalue weighted by molar-refractivity contribution is 5.81. The van der Waals surface area contributed by atoms with Gasteiger partial charge in [-0.15, -0.1) is 0 Å². The zero-order valence-electron chi connectivity index (χ0n) is 12.2. The Hall–Kier alpha value is -1.74. The van der Waals surface area contributed by atoms with Gasteiger partial charge in [-0.25, -0.2) is 8.78 Å². The number of ether oxygens (including phenoxy) is 1. The maximum absolute atomic E-state index is 13.7. The lowest BCUT2D eigenvalue weighted by atomic mass is 10.0. The number of amides is 1. The van der Waals surface area contributed by atoms with Crippen molar-refractivity contribution in [1.29, 1.82) is 0 Å². The van der Waals surface area contributed by atoms with Crippen LogP contribution < -0.4 is 5.32 Å². The summed E-state index contributed by atoms with van der Waals surface area (Å²) in [5.41, 5.74) is -1.24. The predicted molar refractivity (Wildman–Crippen MR) is 70.5 cm³/mol. The maximum atomic E-state index is 13.7. The van der Waals surface area contributed by atoms with Crippen molar-refractivity contribution >= 4 is 5.91 Å². The molecule has 1 fully saturated rings. The summed E-state index contributed by atoms with van der Waals surface area (Å²) in [6.45, 7) is 0.809. The molecule has 0 aliphatic carbocycles. The smallest absolute Gasteiger partial charge is 0.366 e. The zero-order chi connectivity index (χ0) is 17.2. The minimum absolute atomic E-state index is 0.0934. The molecule has 1 saturated heterocycles. The summed E-state index contributed by atoms with van der Waals surface area (Å²) >= 11 is 0. The van der Waals surface area contributed by atoms with Crippen LogP contribution in [-0.2, 0) is 9.53 Å². The molecule has 0 radical (unpaired) electrons. The lowest BCUT2D eigenvalue weighted by molar-refractivity contribution is -0.169. The van der Waals surface area contributed by atoms with Crippen LogP contribution in [0.5, 0.6) is 0 Å². The summed E-state index contributed by atoms with van der Waals surface area (Å²) < 4.78 is 71.9. The number of likely N-dealkylation sites (N-methyl/N-ethyl adjacent to an activating group) is 1. The number of hydrogen-bond acceptors (Lipinski definition) is 3. The molecule has 0 spiro atoms. The van der Waals surface area contributed by atoms with Gasteiger partial charge in [0.2, 0.25) is 0 Å². The number of carbonyl (C=O) groups excluding carboxylic acids is 1. The number of nitrogens with one attached hydrogen (secondary N) is 1. The molecule has 0 unspecified atom stereocenters. The summed E-state index contributed by atoms with van der Waals surface area (Å²) in [4.78, 5) is 13.7. The van der Waals surface area contributed by atoms with Crippen LogP contribution in [0.15, 0.2) is 18.2 Å². The highest BCUT2D eigenvalue weighted by Gasteiger charge is 2.45. The van der Waals surface area contributed by atoms with Gasteiger partial charge in [-0.3, -0.25) is 4.79 Å². The first-order valence-electron chi connectivity index (χ1n) is 6.81. The van der Waals surface area contributed by atoms with Crippen LogP contribution in [0.3, 0.4) is 0 Å². The topological polar surface area (TPSA) is 41.6 Å². The Kier molecular flexibility index (Phi) is 5.20. The summed E-state index contributed by atoms with van der Waals surface area (Å²) in [6, 6.07) is -0.433. The second-order valence-corrected chi connectivity index (χ2v) is 5.24. The van der Waals surface area contributed by atoms with E-state index in [9.17, 15) is 26.7 Å². The first-order chi connectivity index (χ1) is 10.7. The standard InChI is InChI=1S/C14H15F5N2O2/c1-21-5-6-23-10(7-21)13(22)20-12(14(17,18)19)11-8(15)3-2-4-9(11)16/h2-4,10,12H,5-7H2,1H3,(H,20,22)/t10-,12-/m1/s1. The van der Waals surface area contributed by atoms with Gasteiger partial charge in [0.15, 0.2) is 6.04 Å². The van der Waals surface area contributed by atoms with E-state index in [1.54, 1.807) is 17.3 Å². The quantitative estimate of drug-likeness (QED) is 0.858. The van der Waals surface area contributed by atoms with Gasteiger partial charge in [0.1, 0.15) is 17.7 Å². The average molecular weight is 338 g/mol. The second kappa shape index (κ2) is 6.79. The van der Waals surface area contributed by atoms with Gasteiger partial charge in [0.25, 0.3) is 5.91 Å². The van der Waals surface area contributed by atoms with Gasteiger partial charge < -0.3 is 15.0 Å². The maximum Gasteiger partial charge on any atom is 0.413 e. The van der Waals surface area contributed by atoms with Crippen molar-refractivity contribution in [3.63, 3.8) is 0 Å². The molecular weight excluding hydrogens is 323 g/mol. The van der Waals surface area contributed by atoms with Crippen molar-refractivity contribution in [2.24, 2.45) is 0 Å². The molecular formula is C14H15F5N2O2. The van der Waals surface area contributed by atoms with E-state index in [1.165, 1.54) is 0 Å². The molecule has 1 amide bonds. The number of nitrogens with zero attached hydrogens (tertiary/aromatic N) is 1. The minimum atomic E-state index is -5.06. The fourth-order valence-electron chi connectivity index (χ4n) is 2.28. The van der Waals surface area contributed by atoms with Crippen LogP contribution in [0.2, 0.25) is 0 Å². The van der Waals surface area contributed by atoms with E-state index in [0.29, 0.717) is 18.7 Å². The fourth-order valence-corrected chi connectivity index (χ4v) is 2.28. The minimum Gasteiger partial charge on any atom is -0.366 e. The third kappa shape index (κ3) is 4.17. The number of rotatable bonds is 3. The van der Waals surface area contributed by atoms with Crippen LogP contribution >= 0.6 is 0 Å². The van der Waals surface area contributed by atoms with Crippen molar-refractivity contribution < 1.29 is 31.5 Å². The van der Waals surface area contributed by atoms with Crippen molar-refractivity contribution in [1.82, 2.24) is 10.2 Å². The molecule has 2 atom stereocenters. The van der Waals surface area contributed by atoms with E-state index in [4.69, 9.17) is 4.74 Å². The average Bonchev–Trinajstić information content (AvgIpc) is 2.44. The largest absolute Gasteiger partial charge is 0.413 e. The summed E-state index contributed by atoms with van der Waals surface area (Å²) in [5.74, 6) is -3.83. The molecule has 4 nitrogen and oxygen atoms in total. The molecule has 0 bridgehead atoms. The molecule has 9 heteroatoms. The van der Waals surface area contributed by atoms with Crippen LogP contribution in [0.4, 0.5) is 22.0 Å². The fraction of sp³-hybridized carbons (Fsp3) is 0.500. The lowest BCUT2D eigenvalue weighted by Gasteiger charge is -2.31. The molecule has 0 aromatic heterocycles. The van der Waals surface area contributed by atoms with Crippen LogP contribution in [0.1, 0.15) is 11.6 Å². The van der Waals surface area contributed by atoms with E-state index < -0.39 is 41.4 Å². The van der Waals surface area contributed by atoms with Gasteiger partial charge >= 0.3 is 6.18 Å². The highest BCUT2D eigenvalue weighted by Crippen LogP contribution is 2.35. The number of carbonyl (C=O) groups is 1.